The Hall–Kier alpha value is -3.45. The van der Waals surface area contributed by atoms with Gasteiger partial charge in [-0.3, -0.25) is 9.59 Å². The maximum atomic E-state index is 13.4. The van der Waals surface area contributed by atoms with Gasteiger partial charge in [0, 0.05) is 45.5 Å². The van der Waals surface area contributed by atoms with Crippen molar-refractivity contribution in [1.82, 2.24) is 10.3 Å². The molecular formula is C25H23N3O3S. The molecule has 1 aliphatic heterocycles. The molecular weight excluding hydrogens is 422 g/mol. The van der Waals surface area contributed by atoms with Crippen molar-refractivity contribution in [2.45, 2.75) is 38.5 Å². The van der Waals surface area contributed by atoms with E-state index in [0.717, 1.165) is 27.7 Å². The number of nitrogens with one attached hydrogen (secondary N) is 2. The number of aromatic nitrogens is 1. The van der Waals surface area contributed by atoms with Crippen molar-refractivity contribution in [3.8, 4) is 0 Å². The number of carbonyl (C=O) groups is 2. The van der Waals surface area contributed by atoms with Crippen molar-refractivity contribution >= 4 is 28.8 Å². The average Bonchev–Trinajstić information content (AvgIpc) is 3.47. The summed E-state index contributed by atoms with van der Waals surface area (Å²) in [6, 6.07) is 13.2. The van der Waals surface area contributed by atoms with Gasteiger partial charge in [-0.25, -0.2) is 4.98 Å². The summed E-state index contributed by atoms with van der Waals surface area (Å²) in [4.78, 5) is 32.2. The van der Waals surface area contributed by atoms with E-state index < -0.39 is 5.92 Å². The Labute approximate surface area is 190 Å². The van der Waals surface area contributed by atoms with Crippen LogP contribution in [0.5, 0.6) is 0 Å². The predicted molar refractivity (Wildman–Crippen MR) is 123 cm³/mol. The lowest BCUT2D eigenvalue weighted by atomic mass is 9.74. The number of Topliss-reactive ketones (excluding diaryl/α,β-unsaturated/α-hetero) is 1. The van der Waals surface area contributed by atoms with Gasteiger partial charge >= 0.3 is 0 Å². The van der Waals surface area contributed by atoms with Crippen molar-refractivity contribution in [2.24, 2.45) is 0 Å². The van der Waals surface area contributed by atoms with Gasteiger partial charge < -0.3 is 15.1 Å². The first-order chi connectivity index (χ1) is 15.5. The number of amides is 1. The van der Waals surface area contributed by atoms with Gasteiger partial charge in [0.1, 0.15) is 11.6 Å². The van der Waals surface area contributed by atoms with E-state index in [2.05, 4.69) is 15.6 Å². The molecule has 0 aromatic carbocycles. The zero-order valence-electron chi connectivity index (χ0n) is 17.8. The van der Waals surface area contributed by atoms with Gasteiger partial charge in [0.2, 0.25) is 0 Å². The molecule has 7 heteroatoms. The van der Waals surface area contributed by atoms with Crippen LogP contribution < -0.4 is 10.6 Å². The number of hydrogen-bond acceptors (Lipinski definition) is 6. The summed E-state index contributed by atoms with van der Waals surface area (Å²) in [5.41, 5.74) is 3.69. The van der Waals surface area contributed by atoms with Crippen molar-refractivity contribution in [2.75, 3.05) is 5.32 Å². The highest BCUT2D eigenvalue weighted by atomic mass is 32.1. The number of rotatable bonds is 4. The van der Waals surface area contributed by atoms with E-state index >= 15 is 0 Å². The summed E-state index contributed by atoms with van der Waals surface area (Å²) >= 11 is 1.56. The summed E-state index contributed by atoms with van der Waals surface area (Å²) in [5.74, 6) is 0.695. The molecule has 6 nitrogen and oxygen atoms in total. The smallest absolute Gasteiger partial charge is 0.255 e. The maximum absolute atomic E-state index is 13.4. The van der Waals surface area contributed by atoms with Crippen LogP contribution in [0, 0.1) is 6.92 Å². The third-order valence-electron chi connectivity index (χ3n) is 5.98. The topological polar surface area (TPSA) is 84.2 Å². The van der Waals surface area contributed by atoms with Crippen LogP contribution in [-0.2, 0) is 9.59 Å². The Morgan fingerprint density at radius 3 is 2.75 bits per heavy atom. The highest BCUT2D eigenvalue weighted by Gasteiger charge is 2.41. The van der Waals surface area contributed by atoms with E-state index in [1.165, 1.54) is 0 Å². The minimum absolute atomic E-state index is 0.00703. The molecule has 5 rings (SSSR count). The standard InChI is InChI=1S/C25H23N3O3S/c1-14-6-3-9-21(26-14)28-25(30)22-15(2)27-17-12-16(19-7-4-10-31-19)13-18(29)23(17)24(22)20-8-5-11-32-20/h3-11,16,24,27H,12-13H2,1-2H3,(H,26,28,30). The first kappa shape index (κ1) is 20.5. The lowest BCUT2D eigenvalue weighted by Gasteiger charge is -2.35. The van der Waals surface area contributed by atoms with Gasteiger partial charge in [-0.05, 0) is 56.0 Å². The highest BCUT2D eigenvalue weighted by Crippen LogP contribution is 2.46. The quantitative estimate of drug-likeness (QED) is 0.587. The molecule has 32 heavy (non-hydrogen) atoms. The molecule has 1 amide bonds. The third kappa shape index (κ3) is 3.69. The zero-order chi connectivity index (χ0) is 22.2. The first-order valence-electron chi connectivity index (χ1n) is 10.6. The number of pyridine rings is 1. The molecule has 2 aliphatic rings. The fourth-order valence-electron chi connectivity index (χ4n) is 4.60. The minimum Gasteiger partial charge on any atom is -0.469 e. The average molecular weight is 446 g/mol. The van der Waals surface area contributed by atoms with Crippen molar-refractivity contribution in [1.29, 1.82) is 0 Å². The van der Waals surface area contributed by atoms with Crippen molar-refractivity contribution < 1.29 is 14.0 Å². The molecule has 1 aliphatic carbocycles. The van der Waals surface area contributed by atoms with E-state index in [9.17, 15) is 9.59 Å². The van der Waals surface area contributed by atoms with Crippen LogP contribution in [0.1, 0.15) is 47.9 Å². The normalized spacial score (nSPS) is 20.8. The summed E-state index contributed by atoms with van der Waals surface area (Å²) in [6.07, 6.45) is 2.67. The molecule has 2 unspecified atom stereocenters. The Balaban J connectivity index is 1.53. The number of aryl methyl sites for hydroxylation is 1. The molecule has 0 bridgehead atoms. The number of anilines is 1. The third-order valence-corrected chi connectivity index (χ3v) is 6.91. The van der Waals surface area contributed by atoms with Crippen LogP contribution >= 0.6 is 11.3 Å². The SMILES string of the molecule is CC1=C(C(=O)Nc2cccc(C)n2)C(c2cccs2)C2=C(CC(c3ccco3)CC2=O)N1. The molecule has 4 heterocycles. The minimum atomic E-state index is -0.402. The van der Waals surface area contributed by atoms with Gasteiger partial charge in [0.05, 0.1) is 12.2 Å². The van der Waals surface area contributed by atoms with Gasteiger partial charge in [0.25, 0.3) is 5.91 Å². The van der Waals surface area contributed by atoms with Gasteiger partial charge in [-0.2, -0.15) is 0 Å². The van der Waals surface area contributed by atoms with Crippen LogP contribution in [0.4, 0.5) is 5.82 Å². The summed E-state index contributed by atoms with van der Waals surface area (Å²) in [6.45, 7) is 3.77. The van der Waals surface area contributed by atoms with Gasteiger partial charge in [-0.1, -0.05) is 12.1 Å². The monoisotopic (exact) mass is 445 g/mol. The second kappa shape index (κ2) is 8.24. The summed E-state index contributed by atoms with van der Waals surface area (Å²) in [5, 5.41) is 8.28. The number of hydrogen-bond donors (Lipinski definition) is 2. The van der Waals surface area contributed by atoms with Crippen molar-refractivity contribution in [3.63, 3.8) is 0 Å². The molecule has 2 atom stereocenters. The highest BCUT2D eigenvalue weighted by molar-refractivity contribution is 7.10. The number of furan rings is 1. The molecule has 0 fully saturated rings. The maximum Gasteiger partial charge on any atom is 0.255 e. The van der Waals surface area contributed by atoms with E-state index in [-0.39, 0.29) is 17.6 Å². The summed E-state index contributed by atoms with van der Waals surface area (Å²) < 4.78 is 5.58. The Morgan fingerprint density at radius 1 is 1.16 bits per heavy atom. The largest absolute Gasteiger partial charge is 0.469 e. The molecule has 162 valence electrons. The fraction of sp³-hybridized carbons (Fsp3) is 0.240. The van der Waals surface area contributed by atoms with Crippen LogP contribution in [0.3, 0.4) is 0 Å². The Morgan fingerprint density at radius 2 is 2.03 bits per heavy atom. The van der Waals surface area contributed by atoms with E-state index in [1.807, 2.05) is 55.6 Å². The lowest BCUT2D eigenvalue weighted by molar-refractivity contribution is -0.116. The Bertz CT molecular complexity index is 1240. The van der Waals surface area contributed by atoms with Crippen LogP contribution in [0.2, 0.25) is 0 Å². The van der Waals surface area contributed by atoms with Crippen LogP contribution in [-0.4, -0.2) is 16.7 Å². The number of allylic oxidation sites excluding steroid dienone is 3. The Kier molecular flexibility index (Phi) is 5.27. The van der Waals surface area contributed by atoms with Crippen molar-refractivity contribution in [3.05, 3.63) is 93.0 Å². The molecule has 2 N–H and O–H groups in total. The van der Waals surface area contributed by atoms with Gasteiger partial charge in [0.15, 0.2) is 5.78 Å². The number of ketones is 1. The number of thiophene rings is 1. The molecule has 0 saturated carbocycles. The van der Waals surface area contributed by atoms with Gasteiger partial charge in [-0.15, -0.1) is 11.3 Å². The molecule has 0 saturated heterocycles. The molecule has 3 aromatic heterocycles. The van der Waals surface area contributed by atoms with E-state index in [4.69, 9.17) is 4.42 Å². The molecule has 0 spiro atoms. The fourth-order valence-corrected chi connectivity index (χ4v) is 5.44. The number of nitrogens with zero attached hydrogens (tertiary/aromatic N) is 1. The second-order valence-electron chi connectivity index (χ2n) is 8.17. The van der Waals surface area contributed by atoms with Crippen LogP contribution in [0.25, 0.3) is 0 Å². The van der Waals surface area contributed by atoms with E-state index in [1.54, 1.807) is 23.7 Å². The first-order valence-corrected chi connectivity index (χ1v) is 11.4. The van der Waals surface area contributed by atoms with E-state index in [0.29, 0.717) is 29.8 Å². The number of carbonyl (C=O) groups excluding carboxylic acids is 2. The predicted octanol–water partition coefficient (Wildman–Crippen LogP) is 5.04. The summed E-state index contributed by atoms with van der Waals surface area (Å²) in [7, 11) is 0. The lowest BCUT2D eigenvalue weighted by Crippen LogP contribution is -2.36. The van der Waals surface area contributed by atoms with Crippen LogP contribution in [0.15, 0.2) is 81.1 Å². The molecule has 3 aromatic rings. The second-order valence-corrected chi connectivity index (χ2v) is 9.15. The molecule has 0 radical (unpaired) electrons. The number of dihydropyridines is 1. The zero-order valence-corrected chi connectivity index (χ0v) is 18.7.